The van der Waals surface area contributed by atoms with E-state index in [0.717, 1.165) is 27.8 Å². The molecular formula is C51H57F4N9O7S. The monoisotopic (exact) mass is 1020 g/mol. The zero-order valence-electron chi connectivity index (χ0n) is 40.7. The Morgan fingerprint density at radius 1 is 0.903 bits per heavy atom. The van der Waals surface area contributed by atoms with Crippen LogP contribution < -0.4 is 31.7 Å². The number of aliphatic hydroxyl groups excluding tert-OH is 1. The predicted octanol–water partition coefficient (Wildman–Crippen LogP) is 5.95. The van der Waals surface area contributed by atoms with Gasteiger partial charge in [-0.3, -0.25) is 33.7 Å². The summed E-state index contributed by atoms with van der Waals surface area (Å²) in [5.41, 5.74) is 0.686. The van der Waals surface area contributed by atoms with E-state index >= 15 is 4.39 Å². The van der Waals surface area contributed by atoms with E-state index < -0.39 is 88.4 Å². The molecular weight excluding hydrogens is 959 g/mol. The van der Waals surface area contributed by atoms with Crippen molar-refractivity contribution in [3.8, 4) is 21.6 Å². The summed E-state index contributed by atoms with van der Waals surface area (Å²) < 4.78 is 57.8. The number of aromatic nitrogens is 2. The lowest BCUT2D eigenvalue weighted by Gasteiger charge is -2.44. The number of likely N-dealkylation sites (tertiary alicyclic amines) is 1. The van der Waals surface area contributed by atoms with Crippen molar-refractivity contribution in [1.82, 2.24) is 35.7 Å². The fraction of sp³-hybridized carbons (Fsp3) is 0.392. The molecule has 2 aromatic heterocycles. The molecule has 0 saturated carbocycles. The lowest BCUT2D eigenvalue weighted by atomic mass is 9.85. The summed E-state index contributed by atoms with van der Waals surface area (Å²) in [5.74, 6) is -4.59. The number of alkyl halides is 3. The minimum absolute atomic E-state index is 0.0177. The lowest BCUT2D eigenvalue weighted by Crippen LogP contribution is -2.58. The smallest absolute Gasteiger partial charge is 0.391 e. The quantitative estimate of drug-likeness (QED) is 0.0764. The fourth-order valence-corrected chi connectivity index (χ4v) is 9.72. The van der Waals surface area contributed by atoms with Gasteiger partial charge in [0.1, 0.15) is 17.9 Å². The Balaban J connectivity index is 1.04. The SMILES string of the molecule is Cc1ncsc1-c1ccc(CNC(=O)[C@@H]2C[C@@H](O)CN2C(=O)C(NC(=O)CNC(=O)c2ccc(F)c(-c3ccc(N4C[C@@H](C)N(C)[C@@H](C)C4)c(NC(=O)c4c[nH]c(=O)cc4C(F)(F)F)c3)c2)C(C)(C)C)cc1. The van der Waals surface area contributed by atoms with Crippen LogP contribution in [0.2, 0.25) is 0 Å². The average molecular weight is 1020 g/mol. The number of likely N-dealkylation sites (N-methyl/N-ethyl adjacent to an activating group) is 1. The third kappa shape index (κ3) is 12.0. The predicted molar refractivity (Wildman–Crippen MR) is 265 cm³/mol. The molecule has 0 aliphatic carbocycles. The van der Waals surface area contributed by atoms with Crippen LogP contribution in [-0.2, 0) is 27.1 Å². The van der Waals surface area contributed by atoms with Gasteiger partial charge >= 0.3 is 6.18 Å². The molecule has 5 amide bonds. The van der Waals surface area contributed by atoms with E-state index in [4.69, 9.17) is 0 Å². The van der Waals surface area contributed by atoms with Crippen LogP contribution in [0.4, 0.5) is 28.9 Å². The second-order valence-corrected chi connectivity index (χ2v) is 20.3. The van der Waals surface area contributed by atoms with Crippen molar-refractivity contribution < 1.29 is 46.6 Å². The van der Waals surface area contributed by atoms with Crippen LogP contribution in [0.15, 0.2) is 83.2 Å². The Labute approximate surface area is 417 Å². The maximum Gasteiger partial charge on any atom is 0.417 e. The van der Waals surface area contributed by atoms with Crippen molar-refractivity contribution in [2.24, 2.45) is 5.41 Å². The summed E-state index contributed by atoms with van der Waals surface area (Å²) in [6.45, 7) is 11.4. The van der Waals surface area contributed by atoms with E-state index in [1.807, 2.05) is 57.0 Å². The van der Waals surface area contributed by atoms with Crippen LogP contribution in [0.5, 0.6) is 0 Å². The van der Waals surface area contributed by atoms with E-state index in [2.05, 4.69) is 36.1 Å². The third-order valence-corrected chi connectivity index (χ3v) is 14.1. The Kier molecular flexibility index (Phi) is 15.7. The molecule has 16 nitrogen and oxygen atoms in total. The van der Waals surface area contributed by atoms with Gasteiger partial charge < -0.3 is 41.2 Å². The molecule has 382 valence electrons. The second-order valence-electron chi connectivity index (χ2n) is 19.4. The number of hydrogen-bond acceptors (Lipinski definition) is 11. The highest BCUT2D eigenvalue weighted by molar-refractivity contribution is 7.13. The molecule has 2 saturated heterocycles. The number of thiazole rings is 1. The van der Waals surface area contributed by atoms with Gasteiger partial charge in [0.15, 0.2) is 0 Å². The number of β-amino-alcohol motifs (C(OH)–C–C–N with tert-alkyl or cyclic N) is 1. The highest BCUT2D eigenvalue weighted by atomic mass is 32.1. The molecule has 72 heavy (non-hydrogen) atoms. The largest absolute Gasteiger partial charge is 0.417 e. The molecule has 3 aromatic carbocycles. The molecule has 2 fully saturated rings. The molecule has 0 radical (unpaired) electrons. The van der Waals surface area contributed by atoms with E-state index in [0.29, 0.717) is 31.0 Å². The summed E-state index contributed by atoms with van der Waals surface area (Å²) in [4.78, 5) is 93.1. The van der Waals surface area contributed by atoms with Crippen LogP contribution in [0.1, 0.15) is 78.6 Å². The fourth-order valence-electron chi connectivity index (χ4n) is 8.91. The van der Waals surface area contributed by atoms with Crippen LogP contribution in [0.3, 0.4) is 0 Å². The highest BCUT2D eigenvalue weighted by Gasteiger charge is 2.44. The molecule has 7 rings (SSSR count). The van der Waals surface area contributed by atoms with Crippen LogP contribution in [-0.4, -0.2) is 118 Å². The molecule has 5 aromatic rings. The Morgan fingerprint density at radius 3 is 2.22 bits per heavy atom. The van der Waals surface area contributed by atoms with Crippen molar-refractivity contribution in [2.75, 3.05) is 43.4 Å². The number of anilines is 2. The summed E-state index contributed by atoms with van der Waals surface area (Å²) in [5, 5.41) is 21.2. The number of piperazine rings is 1. The van der Waals surface area contributed by atoms with Crippen molar-refractivity contribution >= 4 is 52.2 Å². The molecule has 6 N–H and O–H groups in total. The van der Waals surface area contributed by atoms with Crippen molar-refractivity contribution in [1.29, 1.82) is 0 Å². The number of aromatic amines is 1. The van der Waals surface area contributed by atoms with Gasteiger partial charge in [0, 0.05) is 68.1 Å². The van der Waals surface area contributed by atoms with Gasteiger partial charge in [0.05, 0.1) is 51.2 Å². The normalized spacial score (nSPS) is 18.9. The number of amides is 5. The third-order valence-electron chi connectivity index (χ3n) is 13.1. The van der Waals surface area contributed by atoms with Crippen LogP contribution >= 0.6 is 11.3 Å². The van der Waals surface area contributed by atoms with Crippen molar-refractivity contribution in [3.05, 3.63) is 123 Å². The van der Waals surface area contributed by atoms with Gasteiger partial charge in [-0.05, 0) is 80.3 Å². The number of H-pyrrole nitrogens is 1. The number of halogens is 4. The number of nitrogens with one attached hydrogen (secondary N) is 5. The first-order valence-corrected chi connectivity index (χ1v) is 24.1. The Morgan fingerprint density at radius 2 is 1.58 bits per heavy atom. The first-order chi connectivity index (χ1) is 33.9. The molecule has 5 atom stereocenters. The Bertz CT molecular complexity index is 2910. The van der Waals surface area contributed by atoms with Gasteiger partial charge in [-0.25, -0.2) is 9.37 Å². The average Bonchev–Trinajstić information content (AvgIpc) is 3.95. The van der Waals surface area contributed by atoms with Gasteiger partial charge in [-0.15, -0.1) is 11.3 Å². The molecule has 2 aliphatic rings. The van der Waals surface area contributed by atoms with Gasteiger partial charge in [0.2, 0.25) is 23.3 Å². The topological polar surface area (TPSA) is 209 Å². The number of carbonyl (C=O) groups excluding carboxylic acids is 5. The summed E-state index contributed by atoms with van der Waals surface area (Å²) in [6.07, 6.45) is -5.37. The number of carbonyl (C=O) groups is 5. The second kappa shape index (κ2) is 21.4. The van der Waals surface area contributed by atoms with E-state index in [-0.39, 0.29) is 54.0 Å². The zero-order valence-corrected chi connectivity index (χ0v) is 41.6. The van der Waals surface area contributed by atoms with Gasteiger partial charge in [0.25, 0.3) is 11.8 Å². The number of aryl methyl sites for hydroxylation is 1. The van der Waals surface area contributed by atoms with E-state index in [9.17, 15) is 47.0 Å². The standard InChI is InChI=1S/C51H57F4N9O7S/c1-27-23-63(24-28(2)62(27)7)40-15-13-32(17-39(40)60-47(69)36-21-56-42(66)19-37(36)51(53,54)55)35-16-33(12-14-38(35)52)46(68)58-22-43(67)61-45(50(4,5)6)49(71)64-25-34(65)18-41(64)48(70)57-20-30-8-10-31(11-9-30)44-29(3)59-26-72-44/h8-17,19,21,26-28,34,41,45,65H,18,20,22-25H2,1-7H3,(H,56,66)(H,57,70)(H,58,68)(H,60,69)(H,61,67)/t27-,28+,34-,41+,45?/m1/s1. The molecule has 2 aliphatic heterocycles. The number of nitrogens with zero attached hydrogens (tertiary/aromatic N) is 4. The number of rotatable bonds is 13. The summed E-state index contributed by atoms with van der Waals surface area (Å²) in [7, 11) is 1.96. The van der Waals surface area contributed by atoms with Gasteiger partial charge in [-0.2, -0.15) is 13.2 Å². The first-order valence-electron chi connectivity index (χ1n) is 23.2. The molecule has 0 bridgehead atoms. The zero-order chi connectivity index (χ0) is 52.4. The molecule has 1 unspecified atom stereocenters. The van der Waals surface area contributed by atoms with Gasteiger partial charge in [-0.1, -0.05) is 51.1 Å². The first kappa shape index (κ1) is 52.8. The maximum atomic E-state index is 15.7. The van der Waals surface area contributed by atoms with Crippen molar-refractivity contribution in [2.45, 2.75) is 91.0 Å². The number of hydrogen-bond donors (Lipinski definition) is 6. The highest BCUT2D eigenvalue weighted by Crippen LogP contribution is 2.37. The molecule has 21 heteroatoms. The number of pyridine rings is 1. The minimum Gasteiger partial charge on any atom is -0.391 e. The van der Waals surface area contributed by atoms with Crippen molar-refractivity contribution in [3.63, 3.8) is 0 Å². The number of benzene rings is 3. The number of aliphatic hydroxyl groups is 1. The summed E-state index contributed by atoms with van der Waals surface area (Å²) >= 11 is 1.53. The van der Waals surface area contributed by atoms with E-state index in [1.165, 1.54) is 34.4 Å². The summed E-state index contributed by atoms with van der Waals surface area (Å²) in [6, 6.07) is 13.8. The lowest BCUT2D eigenvalue weighted by molar-refractivity contribution is -0.143. The maximum absolute atomic E-state index is 15.7. The van der Waals surface area contributed by atoms with Crippen LogP contribution in [0, 0.1) is 18.2 Å². The van der Waals surface area contributed by atoms with E-state index in [1.54, 1.807) is 38.4 Å². The molecule has 4 heterocycles. The minimum atomic E-state index is -5.04. The molecule has 0 spiro atoms. The van der Waals surface area contributed by atoms with Crippen LogP contribution in [0.25, 0.3) is 21.6 Å². The Hall–Kier alpha value is -6.97.